The highest BCUT2D eigenvalue weighted by molar-refractivity contribution is 4.87. The Morgan fingerprint density at radius 2 is 2.19 bits per heavy atom. The first-order valence-electron chi connectivity index (χ1n) is 6.56. The summed E-state index contributed by atoms with van der Waals surface area (Å²) in [6.07, 6.45) is 8.60. The molecule has 16 heavy (non-hydrogen) atoms. The maximum Gasteiger partial charge on any atom is 0.0244 e. The second-order valence-electron chi connectivity index (χ2n) is 5.28. The second kappa shape index (κ2) is 6.93. The molecule has 1 N–H and O–H groups in total. The summed E-state index contributed by atoms with van der Waals surface area (Å²) < 4.78 is 0. The van der Waals surface area contributed by atoms with Gasteiger partial charge in [0.15, 0.2) is 0 Å². The molecule has 92 valence electrons. The standard InChI is InChI=1S/C14H26N2/c1-5-6-7-8-9-16-11-13(4)15-10-14(16)12(2)3/h1,12-15H,6-11H2,2-4H3. The fourth-order valence-electron chi connectivity index (χ4n) is 2.46. The third kappa shape index (κ3) is 4.15. The van der Waals surface area contributed by atoms with Crippen LogP contribution < -0.4 is 5.32 Å². The highest BCUT2D eigenvalue weighted by atomic mass is 15.2. The van der Waals surface area contributed by atoms with E-state index in [9.17, 15) is 0 Å². The van der Waals surface area contributed by atoms with E-state index in [0.29, 0.717) is 12.1 Å². The van der Waals surface area contributed by atoms with Crippen molar-refractivity contribution in [3.8, 4) is 12.3 Å². The number of unbranched alkanes of at least 4 members (excludes halogenated alkanes) is 2. The fraction of sp³-hybridized carbons (Fsp3) is 0.857. The zero-order valence-corrected chi connectivity index (χ0v) is 11.0. The maximum atomic E-state index is 5.27. The summed E-state index contributed by atoms with van der Waals surface area (Å²) in [6, 6.07) is 1.32. The Kier molecular flexibility index (Phi) is 5.87. The van der Waals surface area contributed by atoms with Gasteiger partial charge in [0.05, 0.1) is 0 Å². The molecule has 0 bridgehead atoms. The molecule has 2 atom stereocenters. The van der Waals surface area contributed by atoms with Crippen molar-refractivity contribution in [3.05, 3.63) is 0 Å². The van der Waals surface area contributed by atoms with Crippen LogP contribution in [-0.4, -0.2) is 36.6 Å². The first-order chi connectivity index (χ1) is 7.65. The molecule has 2 unspecified atom stereocenters. The van der Waals surface area contributed by atoms with Crippen LogP contribution in [0, 0.1) is 18.3 Å². The smallest absolute Gasteiger partial charge is 0.0244 e. The van der Waals surface area contributed by atoms with Gasteiger partial charge in [-0.3, -0.25) is 4.90 Å². The van der Waals surface area contributed by atoms with Crippen LogP contribution >= 0.6 is 0 Å². The molecule has 2 heteroatoms. The lowest BCUT2D eigenvalue weighted by Crippen LogP contribution is -2.57. The summed E-state index contributed by atoms with van der Waals surface area (Å²) in [7, 11) is 0. The summed E-state index contributed by atoms with van der Waals surface area (Å²) >= 11 is 0. The van der Waals surface area contributed by atoms with Gasteiger partial charge in [-0.25, -0.2) is 0 Å². The number of hydrogen-bond acceptors (Lipinski definition) is 2. The van der Waals surface area contributed by atoms with Gasteiger partial charge in [0.25, 0.3) is 0 Å². The number of terminal acetylenes is 1. The van der Waals surface area contributed by atoms with Crippen LogP contribution in [0.4, 0.5) is 0 Å². The Morgan fingerprint density at radius 3 is 2.81 bits per heavy atom. The molecule has 0 aliphatic carbocycles. The van der Waals surface area contributed by atoms with Crippen molar-refractivity contribution in [1.82, 2.24) is 10.2 Å². The zero-order chi connectivity index (χ0) is 12.0. The summed E-state index contributed by atoms with van der Waals surface area (Å²) in [5.74, 6) is 3.45. The van der Waals surface area contributed by atoms with E-state index >= 15 is 0 Å². The van der Waals surface area contributed by atoms with Crippen molar-refractivity contribution >= 4 is 0 Å². The molecular weight excluding hydrogens is 196 g/mol. The highest BCUT2D eigenvalue weighted by Gasteiger charge is 2.27. The minimum absolute atomic E-state index is 0.627. The van der Waals surface area contributed by atoms with E-state index in [1.165, 1.54) is 25.9 Å². The number of rotatable bonds is 5. The van der Waals surface area contributed by atoms with Gasteiger partial charge in [-0.1, -0.05) is 13.8 Å². The molecule has 0 aromatic rings. The monoisotopic (exact) mass is 222 g/mol. The van der Waals surface area contributed by atoms with Gasteiger partial charge in [0, 0.05) is 31.6 Å². The Balaban J connectivity index is 2.36. The summed E-state index contributed by atoms with van der Waals surface area (Å²) in [5.41, 5.74) is 0. The summed E-state index contributed by atoms with van der Waals surface area (Å²) in [5, 5.41) is 3.57. The van der Waals surface area contributed by atoms with E-state index in [2.05, 4.69) is 36.9 Å². The Morgan fingerprint density at radius 1 is 1.44 bits per heavy atom. The number of nitrogens with zero attached hydrogens (tertiary/aromatic N) is 1. The first kappa shape index (κ1) is 13.5. The van der Waals surface area contributed by atoms with Crippen LogP contribution in [0.5, 0.6) is 0 Å². The van der Waals surface area contributed by atoms with E-state index in [-0.39, 0.29) is 0 Å². The maximum absolute atomic E-state index is 5.27. The van der Waals surface area contributed by atoms with Crippen LogP contribution in [0.15, 0.2) is 0 Å². The molecule has 1 saturated heterocycles. The molecule has 1 aliphatic rings. The normalized spacial score (nSPS) is 26.9. The van der Waals surface area contributed by atoms with E-state index in [0.717, 1.165) is 18.9 Å². The quantitative estimate of drug-likeness (QED) is 0.566. The molecule has 1 rings (SSSR count). The van der Waals surface area contributed by atoms with Gasteiger partial charge in [0.2, 0.25) is 0 Å². The third-order valence-electron chi connectivity index (χ3n) is 3.44. The van der Waals surface area contributed by atoms with Crippen molar-refractivity contribution < 1.29 is 0 Å². The van der Waals surface area contributed by atoms with Gasteiger partial charge in [-0.15, -0.1) is 12.3 Å². The average Bonchev–Trinajstić information content (AvgIpc) is 2.24. The minimum Gasteiger partial charge on any atom is -0.311 e. The predicted molar refractivity (Wildman–Crippen MR) is 70.3 cm³/mol. The minimum atomic E-state index is 0.627. The van der Waals surface area contributed by atoms with Gasteiger partial charge < -0.3 is 5.32 Å². The third-order valence-corrected chi connectivity index (χ3v) is 3.44. The summed E-state index contributed by atoms with van der Waals surface area (Å²) in [6.45, 7) is 10.4. The predicted octanol–water partition coefficient (Wildman–Crippen LogP) is 2.11. The zero-order valence-electron chi connectivity index (χ0n) is 11.0. The lowest BCUT2D eigenvalue weighted by atomic mass is 9.98. The lowest BCUT2D eigenvalue weighted by molar-refractivity contribution is 0.101. The fourth-order valence-corrected chi connectivity index (χ4v) is 2.46. The van der Waals surface area contributed by atoms with Crippen molar-refractivity contribution in [3.63, 3.8) is 0 Å². The molecule has 0 radical (unpaired) electrons. The molecule has 0 amide bonds. The lowest BCUT2D eigenvalue weighted by Gasteiger charge is -2.41. The van der Waals surface area contributed by atoms with Gasteiger partial charge in [-0.05, 0) is 32.2 Å². The molecular formula is C14H26N2. The van der Waals surface area contributed by atoms with E-state index in [4.69, 9.17) is 6.42 Å². The molecule has 1 heterocycles. The van der Waals surface area contributed by atoms with Crippen molar-refractivity contribution in [2.45, 2.75) is 52.1 Å². The Labute approximate surface area is 101 Å². The van der Waals surface area contributed by atoms with Crippen LogP contribution in [0.3, 0.4) is 0 Å². The molecule has 0 saturated carbocycles. The molecule has 1 aliphatic heterocycles. The molecule has 0 aromatic carbocycles. The number of nitrogens with one attached hydrogen (secondary N) is 1. The van der Waals surface area contributed by atoms with E-state index in [1.54, 1.807) is 0 Å². The van der Waals surface area contributed by atoms with Crippen LogP contribution in [0.2, 0.25) is 0 Å². The first-order valence-corrected chi connectivity index (χ1v) is 6.56. The SMILES string of the molecule is C#CCCCCN1CC(C)NCC1C(C)C. The highest BCUT2D eigenvalue weighted by Crippen LogP contribution is 2.15. The second-order valence-corrected chi connectivity index (χ2v) is 5.28. The Bertz CT molecular complexity index is 229. The van der Waals surface area contributed by atoms with Crippen molar-refractivity contribution in [2.24, 2.45) is 5.92 Å². The van der Waals surface area contributed by atoms with Gasteiger partial charge >= 0.3 is 0 Å². The van der Waals surface area contributed by atoms with Crippen LogP contribution in [0.25, 0.3) is 0 Å². The topological polar surface area (TPSA) is 15.3 Å². The van der Waals surface area contributed by atoms with Crippen LogP contribution in [-0.2, 0) is 0 Å². The van der Waals surface area contributed by atoms with Crippen molar-refractivity contribution in [2.75, 3.05) is 19.6 Å². The largest absolute Gasteiger partial charge is 0.311 e. The van der Waals surface area contributed by atoms with Crippen LogP contribution in [0.1, 0.15) is 40.0 Å². The summed E-state index contributed by atoms with van der Waals surface area (Å²) in [4.78, 5) is 2.64. The van der Waals surface area contributed by atoms with Gasteiger partial charge in [-0.2, -0.15) is 0 Å². The Hall–Kier alpha value is -0.520. The molecule has 0 spiro atoms. The molecule has 1 fully saturated rings. The number of piperazine rings is 1. The number of hydrogen-bond donors (Lipinski definition) is 1. The van der Waals surface area contributed by atoms with Crippen molar-refractivity contribution in [1.29, 1.82) is 0 Å². The van der Waals surface area contributed by atoms with E-state index in [1.807, 2.05) is 0 Å². The van der Waals surface area contributed by atoms with E-state index < -0.39 is 0 Å². The van der Waals surface area contributed by atoms with Gasteiger partial charge in [0.1, 0.15) is 0 Å². The molecule has 2 nitrogen and oxygen atoms in total. The molecule has 0 aromatic heterocycles. The average molecular weight is 222 g/mol.